The SMILES string of the molecule is C=CCCCO[SH](=O)=O.CN(C)C. The van der Waals surface area contributed by atoms with Crippen LogP contribution < -0.4 is 0 Å². The van der Waals surface area contributed by atoms with Gasteiger partial charge in [-0.25, -0.2) is 8.42 Å². The van der Waals surface area contributed by atoms with Crippen LogP contribution >= 0.6 is 0 Å². The summed E-state index contributed by atoms with van der Waals surface area (Å²) in [5, 5.41) is 0. The predicted molar refractivity (Wildman–Crippen MR) is 55.3 cm³/mol. The van der Waals surface area contributed by atoms with Crippen LogP contribution in [0.5, 0.6) is 0 Å². The molecule has 0 aliphatic rings. The van der Waals surface area contributed by atoms with E-state index in [9.17, 15) is 8.42 Å². The molecule has 5 heteroatoms. The normalized spacial score (nSPS) is 9.62. The molecule has 0 rings (SSSR count). The molecule has 0 aliphatic heterocycles. The third-order valence-electron chi connectivity index (χ3n) is 0.749. The molecule has 0 saturated heterocycles. The molecule has 0 bridgehead atoms. The number of allylic oxidation sites excluding steroid dienone is 1. The van der Waals surface area contributed by atoms with Crippen molar-refractivity contribution in [2.24, 2.45) is 0 Å². The quantitative estimate of drug-likeness (QED) is 0.411. The standard InChI is InChI=1S/C5H10O3S.C3H9N/c1-2-3-4-5-8-9(6)7;1-4(2)3/h2,9H,1,3-5H2;1-3H3. The number of thiol groups is 1. The van der Waals surface area contributed by atoms with Crippen LogP contribution in [0.3, 0.4) is 0 Å². The van der Waals surface area contributed by atoms with Crippen molar-refractivity contribution in [3.63, 3.8) is 0 Å². The van der Waals surface area contributed by atoms with E-state index in [4.69, 9.17) is 0 Å². The summed E-state index contributed by atoms with van der Waals surface area (Å²) in [5.41, 5.74) is 0. The van der Waals surface area contributed by atoms with E-state index in [2.05, 4.69) is 10.8 Å². The molecule has 0 unspecified atom stereocenters. The maximum Gasteiger partial charge on any atom is 0.257 e. The first kappa shape index (κ1) is 15.1. The van der Waals surface area contributed by atoms with E-state index < -0.39 is 11.0 Å². The molecule has 0 radical (unpaired) electrons. The predicted octanol–water partition coefficient (Wildman–Crippen LogP) is 0.673. The maximum absolute atomic E-state index is 9.75. The van der Waals surface area contributed by atoms with Gasteiger partial charge in [-0.15, -0.1) is 6.58 Å². The fourth-order valence-corrected chi connectivity index (χ4v) is 0.645. The average Bonchev–Trinajstić information content (AvgIpc) is 1.97. The molecule has 0 aliphatic carbocycles. The fourth-order valence-electron chi connectivity index (χ4n) is 0.367. The zero-order valence-electron chi connectivity index (χ0n) is 8.52. The van der Waals surface area contributed by atoms with Crippen molar-refractivity contribution in [1.82, 2.24) is 4.90 Å². The monoisotopic (exact) mass is 209 g/mol. The first-order chi connectivity index (χ1) is 6.00. The lowest BCUT2D eigenvalue weighted by Crippen LogP contribution is -1.99. The van der Waals surface area contributed by atoms with Gasteiger partial charge >= 0.3 is 0 Å². The van der Waals surface area contributed by atoms with Crippen LogP contribution in [-0.4, -0.2) is 41.1 Å². The van der Waals surface area contributed by atoms with Gasteiger partial charge in [-0.2, -0.15) is 0 Å². The van der Waals surface area contributed by atoms with E-state index in [1.165, 1.54) is 0 Å². The van der Waals surface area contributed by atoms with Gasteiger partial charge in [0.2, 0.25) is 0 Å². The van der Waals surface area contributed by atoms with E-state index >= 15 is 0 Å². The molecule has 4 nitrogen and oxygen atoms in total. The van der Waals surface area contributed by atoms with Gasteiger partial charge in [0, 0.05) is 0 Å². The van der Waals surface area contributed by atoms with Crippen LogP contribution in [0.15, 0.2) is 12.7 Å². The van der Waals surface area contributed by atoms with Crippen molar-refractivity contribution in [2.75, 3.05) is 27.7 Å². The molecule has 0 atom stereocenters. The van der Waals surface area contributed by atoms with Gasteiger partial charge < -0.3 is 4.90 Å². The minimum atomic E-state index is -2.65. The number of rotatable bonds is 5. The molecular weight excluding hydrogens is 190 g/mol. The Bertz CT molecular complexity index is 167. The van der Waals surface area contributed by atoms with Crippen LogP contribution in [-0.2, 0) is 15.2 Å². The molecule has 80 valence electrons. The van der Waals surface area contributed by atoms with Gasteiger partial charge in [0.15, 0.2) is 0 Å². The van der Waals surface area contributed by atoms with E-state index in [0.29, 0.717) is 6.42 Å². The van der Waals surface area contributed by atoms with E-state index in [-0.39, 0.29) is 6.61 Å². The van der Waals surface area contributed by atoms with Crippen molar-refractivity contribution < 1.29 is 12.6 Å². The van der Waals surface area contributed by atoms with E-state index in [1.807, 2.05) is 26.0 Å². The van der Waals surface area contributed by atoms with Crippen LogP contribution in [0.1, 0.15) is 12.8 Å². The van der Waals surface area contributed by atoms with Crippen LogP contribution in [0.2, 0.25) is 0 Å². The zero-order chi connectivity index (χ0) is 10.7. The van der Waals surface area contributed by atoms with Crippen molar-refractivity contribution in [3.8, 4) is 0 Å². The van der Waals surface area contributed by atoms with Crippen LogP contribution in [0, 0.1) is 0 Å². The second kappa shape index (κ2) is 11.6. The van der Waals surface area contributed by atoms with E-state index in [0.717, 1.165) is 6.42 Å². The Labute approximate surface area is 82.3 Å². The molecular formula is C8H19NO3S. The average molecular weight is 209 g/mol. The largest absolute Gasteiger partial charge is 0.312 e. The van der Waals surface area contributed by atoms with Gasteiger partial charge in [-0.05, 0) is 34.0 Å². The number of nitrogens with zero attached hydrogens (tertiary/aromatic N) is 1. The third kappa shape index (κ3) is 34.1. The van der Waals surface area contributed by atoms with Crippen molar-refractivity contribution in [2.45, 2.75) is 12.8 Å². The van der Waals surface area contributed by atoms with E-state index in [1.54, 1.807) is 6.08 Å². The Balaban J connectivity index is 0. The lowest BCUT2D eigenvalue weighted by atomic mass is 10.3. The lowest BCUT2D eigenvalue weighted by molar-refractivity contribution is 0.328. The van der Waals surface area contributed by atoms with Gasteiger partial charge in [-0.3, -0.25) is 4.18 Å². The second-order valence-electron chi connectivity index (χ2n) is 2.83. The summed E-state index contributed by atoms with van der Waals surface area (Å²) in [5.74, 6) is 0. The highest BCUT2D eigenvalue weighted by Gasteiger charge is 1.84. The van der Waals surface area contributed by atoms with Gasteiger partial charge in [-0.1, -0.05) is 6.08 Å². The summed E-state index contributed by atoms with van der Waals surface area (Å²) in [7, 11) is 3.35. The zero-order valence-corrected chi connectivity index (χ0v) is 9.42. The molecule has 0 aromatic heterocycles. The van der Waals surface area contributed by atoms with Crippen molar-refractivity contribution in [1.29, 1.82) is 0 Å². The van der Waals surface area contributed by atoms with Gasteiger partial charge in [0.1, 0.15) is 0 Å². The Morgan fingerprint density at radius 3 is 2.15 bits per heavy atom. The van der Waals surface area contributed by atoms with Crippen LogP contribution in [0.25, 0.3) is 0 Å². The third-order valence-corrected chi connectivity index (χ3v) is 1.14. The highest BCUT2D eigenvalue weighted by molar-refractivity contribution is 7.67. The number of hydrogen-bond acceptors (Lipinski definition) is 4. The molecule has 0 aromatic carbocycles. The van der Waals surface area contributed by atoms with Gasteiger partial charge in [0.05, 0.1) is 6.61 Å². The summed E-state index contributed by atoms with van der Waals surface area (Å²) >= 11 is 0. The van der Waals surface area contributed by atoms with Gasteiger partial charge in [0.25, 0.3) is 11.0 Å². The molecule has 0 spiro atoms. The topological polar surface area (TPSA) is 46.6 Å². The lowest BCUT2D eigenvalue weighted by Gasteiger charge is -1.90. The Kier molecular flexibility index (Phi) is 13.5. The highest BCUT2D eigenvalue weighted by Crippen LogP contribution is 1.89. The molecule has 0 heterocycles. The fraction of sp³-hybridized carbons (Fsp3) is 0.750. The summed E-state index contributed by atoms with van der Waals surface area (Å²) in [6.45, 7) is 3.74. The summed E-state index contributed by atoms with van der Waals surface area (Å²) in [6.07, 6.45) is 3.23. The number of hydrogen-bond donors (Lipinski definition) is 1. The van der Waals surface area contributed by atoms with Crippen molar-refractivity contribution >= 4 is 11.0 Å². The summed E-state index contributed by atoms with van der Waals surface area (Å²) in [6, 6.07) is 0. The first-order valence-corrected chi connectivity index (χ1v) is 5.09. The summed E-state index contributed by atoms with van der Waals surface area (Å²) < 4.78 is 23.8. The smallest absolute Gasteiger partial charge is 0.257 e. The molecule has 13 heavy (non-hydrogen) atoms. The molecule has 0 aromatic rings. The Hall–Kier alpha value is -0.390. The Morgan fingerprint density at radius 1 is 1.38 bits per heavy atom. The minimum Gasteiger partial charge on any atom is -0.312 e. The van der Waals surface area contributed by atoms with Crippen molar-refractivity contribution in [3.05, 3.63) is 12.7 Å². The number of unbranched alkanes of at least 4 members (excludes halogenated alkanes) is 1. The Morgan fingerprint density at radius 2 is 1.85 bits per heavy atom. The maximum atomic E-state index is 9.75. The second-order valence-corrected chi connectivity index (χ2v) is 3.53. The minimum absolute atomic E-state index is 0.269. The molecule has 0 amide bonds. The van der Waals surface area contributed by atoms with Crippen LogP contribution in [0.4, 0.5) is 0 Å². The summed E-state index contributed by atoms with van der Waals surface area (Å²) in [4.78, 5) is 2.00. The molecule has 0 saturated carbocycles. The first-order valence-electron chi connectivity index (χ1n) is 3.99. The molecule has 0 fully saturated rings. The molecule has 0 N–H and O–H groups in total. The highest BCUT2D eigenvalue weighted by atomic mass is 32.2.